The van der Waals surface area contributed by atoms with Crippen LogP contribution in [0.4, 0.5) is 5.69 Å². The van der Waals surface area contributed by atoms with Gasteiger partial charge in [0, 0.05) is 11.8 Å². The molecule has 1 aromatic carbocycles. The van der Waals surface area contributed by atoms with Crippen molar-refractivity contribution in [1.29, 1.82) is 0 Å². The molecule has 0 fully saturated rings. The number of aromatic nitrogens is 2. The van der Waals surface area contributed by atoms with Crippen LogP contribution in [-0.4, -0.2) is 29.5 Å². The van der Waals surface area contributed by atoms with E-state index in [9.17, 15) is 0 Å². The fourth-order valence-corrected chi connectivity index (χ4v) is 2.66. The van der Waals surface area contributed by atoms with E-state index >= 15 is 0 Å². The monoisotopic (exact) mass is 437 g/mol. The molecule has 9 heteroatoms. The van der Waals surface area contributed by atoms with Crippen molar-refractivity contribution in [2.45, 2.75) is 10.9 Å². The number of methoxy groups -OCH3 is 1. The number of thioether (sulfide) groups is 1. The Hall–Kier alpha value is -1.07. The van der Waals surface area contributed by atoms with Gasteiger partial charge in [-0.2, -0.15) is 0 Å². The van der Waals surface area contributed by atoms with E-state index in [0.29, 0.717) is 12.5 Å². The summed E-state index contributed by atoms with van der Waals surface area (Å²) in [7, 11) is 1.62. The zero-order valence-electron chi connectivity index (χ0n) is 11.6. The molecule has 0 aliphatic carbocycles. The summed E-state index contributed by atoms with van der Waals surface area (Å²) in [6.45, 7) is 0.418. The number of nitrogens with zero attached hydrogens (tertiary/aromatic N) is 3. The Morgan fingerprint density at radius 1 is 1.48 bits per heavy atom. The van der Waals surface area contributed by atoms with Gasteiger partial charge in [0.2, 0.25) is 0 Å². The van der Waals surface area contributed by atoms with Gasteiger partial charge in [-0.25, -0.2) is 4.99 Å². The Morgan fingerprint density at radius 3 is 2.95 bits per heavy atom. The third-order valence-electron chi connectivity index (χ3n) is 2.35. The van der Waals surface area contributed by atoms with E-state index in [1.54, 1.807) is 18.9 Å². The summed E-state index contributed by atoms with van der Waals surface area (Å²) in [6, 6.07) is 7.48. The van der Waals surface area contributed by atoms with Crippen molar-refractivity contribution in [1.82, 2.24) is 10.2 Å². The van der Waals surface area contributed by atoms with Crippen LogP contribution in [0.25, 0.3) is 0 Å². The lowest BCUT2D eigenvalue weighted by Crippen LogP contribution is -2.22. The Morgan fingerprint density at radius 2 is 2.29 bits per heavy atom. The standard InChI is InChI=1S/C12H15N5OS2.HI/c1-18-9-5-3-4-8(6-9)15-11(13)14-7-10-16-17-12(19-2)20-10;/h3-6H,7H2,1-2H3,(H3,13,14,15);1H. The highest BCUT2D eigenvalue weighted by Crippen LogP contribution is 2.20. The van der Waals surface area contributed by atoms with Gasteiger partial charge >= 0.3 is 0 Å². The third kappa shape index (κ3) is 5.67. The van der Waals surface area contributed by atoms with E-state index in [1.165, 1.54) is 11.3 Å². The second-order valence-corrected chi connectivity index (χ2v) is 5.84. The highest BCUT2D eigenvalue weighted by Gasteiger charge is 2.02. The highest BCUT2D eigenvalue weighted by atomic mass is 127. The van der Waals surface area contributed by atoms with Crippen LogP contribution in [0.5, 0.6) is 5.75 Å². The average molecular weight is 437 g/mol. The van der Waals surface area contributed by atoms with Crippen LogP contribution >= 0.6 is 47.1 Å². The molecule has 0 unspecified atom stereocenters. The summed E-state index contributed by atoms with van der Waals surface area (Å²) in [5.74, 6) is 1.09. The number of halogens is 1. The first kappa shape index (κ1) is 18.0. The fourth-order valence-electron chi connectivity index (χ4n) is 1.43. The highest BCUT2D eigenvalue weighted by molar-refractivity contribution is 14.0. The molecule has 3 N–H and O–H groups in total. The second-order valence-electron chi connectivity index (χ2n) is 3.72. The van der Waals surface area contributed by atoms with Crippen LogP contribution in [0, 0.1) is 0 Å². The van der Waals surface area contributed by atoms with Gasteiger partial charge in [0.1, 0.15) is 10.8 Å². The van der Waals surface area contributed by atoms with E-state index in [-0.39, 0.29) is 24.0 Å². The van der Waals surface area contributed by atoms with Crippen LogP contribution in [0.1, 0.15) is 5.01 Å². The molecule has 1 heterocycles. The fraction of sp³-hybridized carbons (Fsp3) is 0.250. The van der Waals surface area contributed by atoms with Crippen LogP contribution in [0.2, 0.25) is 0 Å². The van der Waals surface area contributed by atoms with Crippen molar-refractivity contribution in [2.75, 3.05) is 18.7 Å². The number of anilines is 1. The minimum Gasteiger partial charge on any atom is -0.497 e. The molecule has 0 bridgehead atoms. The van der Waals surface area contributed by atoms with Crippen molar-refractivity contribution in [2.24, 2.45) is 10.7 Å². The Kier molecular flexibility index (Phi) is 7.75. The number of aliphatic imine (C=N–C) groups is 1. The summed E-state index contributed by atoms with van der Waals surface area (Å²) >= 11 is 3.08. The SMILES string of the molecule is COc1cccc(NC(N)=NCc2nnc(SC)s2)c1.I. The summed E-state index contributed by atoms with van der Waals surface area (Å²) in [5.41, 5.74) is 6.66. The molecule has 1 aromatic heterocycles. The molecule has 2 aromatic rings. The van der Waals surface area contributed by atoms with E-state index in [2.05, 4.69) is 20.5 Å². The van der Waals surface area contributed by atoms with E-state index in [4.69, 9.17) is 10.5 Å². The van der Waals surface area contributed by atoms with Gasteiger partial charge in [0.05, 0.1) is 13.7 Å². The summed E-state index contributed by atoms with van der Waals surface area (Å²) in [5, 5.41) is 11.9. The van der Waals surface area contributed by atoms with Gasteiger partial charge in [-0.15, -0.1) is 34.2 Å². The number of hydrogen-bond acceptors (Lipinski definition) is 6. The van der Waals surface area contributed by atoms with E-state index in [0.717, 1.165) is 20.8 Å². The lowest BCUT2D eigenvalue weighted by molar-refractivity contribution is 0.415. The number of guanidine groups is 1. The van der Waals surface area contributed by atoms with Crippen molar-refractivity contribution in [3.8, 4) is 5.75 Å². The molecule has 0 aliphatic rings. The van der Waals surface area contributed by atoms with Crippen LogP contribution in [-0.2, 0) is 6.54 Å². The molecular weight excluding hydrogens is 421 g/mol. The average Bonchev–Trinajstić information content (AvgIpc) is 2.93. The quantitative estimate of drug-likeness (QED) is 0.324. The first-order chi connectivity index (χ1) is 9.71. The first-order valence-corrected chi connectivity index (χ1v) is 7.82. The third-order valence-corrected chi connectivity index (χ3v) is 4.23. The Labute approximate surface area is 148 Å². The normalized spacial score (nSPS) is 10.9. The largest absolute Gasteiger partial charge is 0.497 e. The minimum absolute atomic E-state index is 0. The van der Waals surface area contributed by atoms with Crippen molar-refractivity contribution >= 4 is 58.7 Å². The lowest BCUT2D eigenvalue weighted by atomic mass is 10.3. The van der Waals surface area contributed by atoms with Crippen LogP contribution in [0.3, 0.4) is 0 Å². The van der Waals surface area contributed by atoms with E-state index in [1.807, 2.05) is 30.5 Å². The first-order valence-electron chi connectivity index (χ1n) is 5.78. The number of ether oxygens (including phenoxy) is 1. The molecule has 6 nitrogen and oxygen atoms in total. The number of hydrogen-bond donors (Lipinski definition) is 2. The van der Waals surface area contributed by atoms with Crippen molar-refractivity contribution in [3.05, 3.63) is 29.3 Å². The molecule has 0 aliphatic heterocycles. The van der Waals surface area contributed by atoms with Gasteiger partial charge in [0.25, 0.3) is 0 Å². The van der Waals surface area contributed by atoms with Crippen LogP contribution in [0.15, 0.2) is 33.6 Å². The number of benzene rings is 1. The van der Waals surface area contributed by atoms with Gasteiger partial charge in [-0.1, -0.05) is 29.2 Å². The van der Waals surface area contributed by atoms with Gasteiger partial charge < -0.3 is 15.8 Å². The summed E-state index contributed by atoms with van der Waals surface area (Å²) in [4.78, 5) is 4.23. The molecule has 2 rings (SSSR count). The lowest BCUT2D eigenvalue weighted by Gasteiger charge is -2.06. The van der Waals surface area contributed by atoms with Crippen molar-refractivity contribution < 1.29 is 4.74 Å². The van der Waals surface area contributed by atoms with Crippen LogP contribution < -0.4 is 15.8 Å². The molecule has 0 radical (unpaired) electrons. The number of rotatable bonds is 5. The zero-order valence-corrected chi connectivity index (χ0v) is 15.5. The van der Waals surface area contributed by atoms with E-state index < -0.39 is 0 Å². The number of nitrogens with one attached hydrogen (secondary N) is 1. The maximum absolute atomic E-state index is 5.83. The minimum atomic E-state index is 0. The molecule has 21 heavy (non-hydrogen) atoms. The maximum atomic E-state index is 5.83. The summed E-state index contributed by atoms with van der Waals surface area (Å²) in [6.07, 6.45) is 1.96. The molecule has 0 saturated heterocycles. The predicted molar refractivity (Wildman–Crippen MR) is 99.0 cm³/mol. The van der Waals surface area contributed by atoms with Crippen molar-refractivity contribution in [3.63, 3.8) is 0 Å². The zero-order chi connectivity index (χ0) is 14.4. The molecule has 114 valence electrons. The Bertz CT molecular complexity index is 605. The van der Waals surface area contributed by atoms with Gasteiger partial charge in [-0.05, 0) is 18.4 Å². The molecular formula is C12H16IN5OS2. The molecule has 0 spiro atoms. The molecule has 0 amide bonds. The smallest absolute Gasteiger partial charge is 0.193 e. The Balaban J connectivity index is 0.00000220. The summed E-state index contributed by atoms with van der Waals surface area (Å²) < 4.78 is 6.07. The molecule has 0 atom stereocenters. The topological polar surface area (TPSA) is 85.4 Å². The molecule has 0 saturated carbocycles. The number of nitrogens with two attached hydrogens (primary N) is 1. The second kappa shape index (κ2) is 9.05. The predicted octanol–water partition coefficient (Wildman–Crippen LogP) is 2.81. The van der Waals surface area contributed by atoms with Gasteiger partial charge in [0.15, 0.2) is 10.3 Å². The van der Waals surface area contributed by atoms with Gasteiger partial charge in [-0.3, -0.25) is 0 Å². The maximum Gasteiger partial charge on any atom is 0.193 e.